The van der Waals surface area contributed by atoms with Gasteiger partial charge in [-0.1, -0.05) is 12.1 Å². The van der Waals surface area contributed by atoms with E-state index in [2.05, 4.69) is 10.3 Å². The van der Waals surface area contributed by atoms with Gasteiger partial charge in [0.2, 0.25) is 5.88 Å². The third-order valence-electron chi connectivity index (χ3n) is 2.87. The number of methoxy groups -OCH3 is 1. The van der Waals surface area contributed by atoms with E-state index < -0.39 is 6.10 Å². The highest BCUT2D eigenvalue weighted by Crippen LogP contribution is 2.13. The van der Waals surface area contributed by atoms with Gasteiger partial charge in [0.15, 0.2) is 0 Å². The second-order valence-electron chi connectivity index (χ2n) is 4.55. The summed E-state index contributed by atoms with van der Waals surface area (Å²) in [5.74, 6) is 0.605. The molecule has 0 saturated carbocycles. The maximum Gasteiger partial charge on any atom is 0.217 e. The Morgan fingerprint density at radius 3 is 3.05 bits per heavy atom. The molecular formula is C15H20N2O3S. The van der Waals surface area contributed by atoms with E-state index in [0.29, 0.717) is 32.2 Å². The Labute approximate surface area is 128 Å². The van der Waals surface area contributed by atoms with Gasteiger partial charge < -0.3 is 19.9 Å². The summed E-state index contributed by atoms with van der Waals surface area (Å²) in [4.78, 5) is 5.29. The zero-order chi connectivity index (χ0) is 14.9. The molecule has 0 spiro atoms. The molecule has 6 heteroatoms. The van der Waals surface area contributed by atoms with Crippen LogP contribution in [0.15, 0.2) is 35.8 Å². The molecule has 2 rings (SSSR count). The fourth-order valence-corrected chi connectivity index (χ4v) is 2.51. The molecule has 0 radical (unpaired) electrons. The van der Waals surface area contributed by atoms with Gasteiger partial charge in [-0.05, 0) is 17.5 Å². The number of pyridine rings is 1. The standard InChI is InChI=1S/C15H20N2O3S/c1-19-15-12(4-2-6-17-15)8-16-9-13(18)10-20-11-14-5-3-7-21-14/h2-7,13,16,18H,8-11H2,1H3. The zero-order valence-corrected chi connectivity index (χ0v) is 12.8. The average Bonchev–Trinajstić information content (AvgIpc) is 3.01. The van der Waals surface area contributed by atoms with Crippen LogP contribution >= 0.6 is 11.3 Å². The molecule has 1 unspecified atom stereocenters. The van der Waals surface area contributed by atoms with Gasteiger partial charge in [0.1, 0.15) is 0 Å². The van der Waals surface area contributed by atoms with E-state index in [-0.39, 0.29) is 0 Å². The second kappa shape index (κ2) is 8.74. The number of aliphatic hydroxyl groups is 1. The van der Waals surface area contributed by atoms with Crippen LogP contribution in [0.1, 0.15) is 10.4 Å². The minimum absolute atomic E-state index is 0.315. The number of nitrogens with one attached hydrogen (secondary N) is 1. The SMILES string of the molecule is COc1ncccc1CNCC(O)COCc1cccs1. The topological polar surface area (TPSA) is 63.6 Å². The molecule has 5 nitrogen and oxygen atoms in total. The molecule has 0 fully saturated rings. The lowest BCUT2D eigenvalue weighted by atomic mass is 10.2. The van der Waals surface area contributed by atoms with E-state index in [9.17, 15) is 5.11 Å². The molecule has 0 aliphatic heterocycles. The number of ether oxygens (including phenoxy) is 2. The summed E-state index contributed by atoms with van der Waals surface area (Å²) in [5.41, 5.74) is 0.965. The number of hydrogen-bond acceptors (Lipinski definition) is 6. The van der Waals surface area contributed by atoms with Crippen molar-refractivity contribution in [3.05, 3.63) is 46.3 Å². The number of nitrogens with zero attached hydrogens (tertiary/aromatic N) is 1. The molecule has 0 bridgehead atoms. The molecular weight excluding hydrogens is 288 g/mol. The highest BCUT2D eigenvalue weighted by molar-refractivity contribution is 7.09. The monoisotopic (exact) mass is 308 g/mol. The van der Waals surface area contributed by atoms with Crippen LogP contribution in [0, 0.1) is 0 Å². The minimum Gasteiger partial charge on any atom is -0.481 e. The Balaban J connectivity index is 1.63. The van der Waals surface area contributed by atoms with Gasteiger partial charge in [0.25, 0.3) is 0 Å². The molecule has 2 aromatic rings. The van der Waals surface area contributed by atoms with Crippen molar-refractivity contribution in [2.24, 2.45) is 0 Å². The van der Waals surface area contributed by atoms with Gasteiger partial charge in [-0.25, -0.2) is 4.98 Å². The molecule has 0 amide bonds. The average molecular weight is 308 g/mol. The highest BCUT2D eigenvalue weighted by Gasteiger charge is 2.07. The van der Waals surface area contributed by atoms with E-state index in [0.717, 1.165) is 10.4 Å². The number of aliphatic hydroxyl groups excluding tert-OH is 1. The Morgan fingerprint density at radius 1 is 1.38 bits per heavy atom. The summed E-state index contributed by atoms with van der Waals surface area (Å²) in [7, 11) is 1.60. The van der Waals surface area contributed by atoms with E-state index in [4.69, 9.17) is 9.47 Å². The van der Waals surface area contributed by atoms with Crippen molar-refractivity contribution in [2.75, 3.05) is 20.3 Å². The Morgan fingerprint density at radius 2 is 2.29 bits per heavy atom. The molecule has 2 heterocycles. The number of thiophene rings is 1. The van der Waals surface area contributed by atoms with E-state index >= 15 is 0 Å². The lowest BCUT2D eigenvalue weighted by molar-refractivity contribution is 0.0297. The minimum atomic E-state index is -0.535. The molecule has 0 aromatic carbocycles. The lowest BCUT2D eigenvalue weighted by Crippen LogP contribution is -2.30. The number of hydrogen-bond donors (Lipinski definition) is 2. The quantitative estimate of drug-likeness (QED) is 0.740. The van der Waals surface area contributed by atoms with Gasteiger partial charge in [-0.15, -0.1) is 11.3 Å². The van der Waals surface area contributed by atoms with Crippen molar-refractivity contribution in [1.29, 1.82) is 0 Å². The fourth-order valence-electron chi connectivity index (χ4n) is 1.87. The summed E-state index contributed by atoms with van der Waals surface area (Å²) >= 11 is 1.65. The third kappa shape index (κ3) is 5.43. The van der Waals surface area contributed by atoms with Crippen LogP contribution in [0.5, 0.6) is 5.88 Å². The smallest absolute Gasteiger partial charge is 0.217 e. The molecule has 2 N–H and O–H groups in total. The summed E-state index contributed by atoms with van der Waals surface area (Å²) in [6.07, 6.45) is 1.16. The Bertz CT molecular complexity index is 519. The Kier molecular flexibility index (Phi) is 6.62. The Hall–Kier alpha value is -1.47. The molecule has 0 aliphatic carbocycles. The number of aromatic nitrogens is 1. The van der Waals surface area contributed by atoms with Crippen LogP contribution in [0.3, 0.4) is 0 Å². The summed E-state index contributed by atoms with van der Waals surface area (Å²) in [6, 6.07) is 7.81. The molecule has 21 heavy (non-hydrogen) atoms. The molecule has 0 aliphatic rings. The van der Waals surface area contributed by atoms with Gasteiger partial charge >= 0.3 is 0 Å². The maximum atomic E-state index is 9.85. The first-order valence-corrected chi connectivity index (χ1v) is 7.64. The van der Waals surface area contributed by atoms with Crippen molar-refractivity contribution < 1.29 is 14.6 Å². The largest absolute Gasteiger partial charge is 0.481 e. The highest BCUT2D eigenvalue weighted by atomic mass is 32.1. The fraction of sp³-hybridized carbons (Fsp3) is 0.400. The maximum absolute atomic E-state index is 9.85. The molecule has 0 saturated heterocycles. The van der Waals surface area contributed by atoms with E-state index in [1.165, 1.54) is 0 Å². The first-order chi connectivity index (χ1) is 10.3. The van der Waals surface area contributed by atoms with Crippen LogP contribution in [0.25, 0.3) is 0 Å². The predicted octanol–water partition coefficient (Wildman–Crippen LogP) is 1.82. The van der Waals surface area contributed by atoms with E-state index in [1.807, 2.05) is 29.6 Å². The van der Waals surface area contributed by atoms with Crippen LogP contribution < -0.4 is 10.1 Å². The van der Waals surface area contributed by atoms with Gasteiger partial charge in [0, 0.05) is 29.7 Å². The summed E-state index contributed by atoms with van der Waals surface area (Å²) in [6.45, 7) is 1.92. The first kappa shape index (κ1) is 15.9. The molecule has 2 aromatic heterocycles. The van der Waals surface area contributed by atoms with Crippen molar-refractivity contribution in [1.82, 2.24) is 10.3 Å². The van der Waals surface area contributed by atoms with Crippen molar-refractivity contribution in [3.63, 3.8) is 0 Å². The molecule has 1 atom stereocenters. The first-order valence-electron chi connectivity index (χ1n) is 6.76. The summed E-state index contributed by atoms with van der Waals surface area (Å²) < 4.78 is 10.6. The predicted molar refractivity (Wildman–Crippen MR) is 82.5 cm³/mol. The van der Waals surface area contributed by atoms with Crippen molar-refractivity contribution >= 4 is 11.3 Å². The van der Waals surface area contributed by atoms with Crippen LogP contribution in [-0.4, -0.2) is 36.5 Å². The van der Waals surface area contributed by atoms with Crippen LogP contribution in [0.2, 0.25) is 0 Å². The van der Waals surface area contributed by atoms with Gasteiger partial charge in [0.05, 0.1) is 26.4 Å². The second-order valence-corrected chi connectivity index (χ2v) is 5.58. The van der Waals surface area contributed by atoms with Crippen molar-refractivity contribution in [3.8, 4) is 5.88 Å². The number of rotatable bonds is 9. The van der Waals surface area contributed by atoms with Crippen LogP contribution in [-0.2, 0) is 17.9 Å². The zero-order valence-electron chi connectivity index (χ0n) is 12.0. The summed E-state index contributed by atoms with van der Waals surface area (Å²) in [5, 5.41) is 15.0. The van der Waals surface area contributed by atoms with E-state index in [1.54, 1.807) is 24.6 Å². The lowest BCUT2D eigenvalue weighted by Gasteiger charge is -2.13. The third-order valence-corrected chi connectivity index (χ3v) is 3.72. The molecule has 114 valence electrons. The van der Waals surface area contributed by atoms with Gasteiger partial charge in [-0.3, -0.25) is 0 Å². The van der Waals surface area contributed by atoms with Gasteiger partial charge in [-0.2, -0.15) is 0 Å². The normalized spacial score (nSPS) is 12.3. The van der Waals surface area contributed by atoms with Crippen molar-refractivity contribution in [2.45, 2.75) is 19.3 Å². The van der Waals surface area contributed by atoms with Crippen LogP contribution in [0.4, 0.5) is 0 Å².